The van der Waals surface area contributed by atoms with Crippen LogP contribution in [0.5, 0.6) is 11.5 Å². The third kappa shape index (κ3) is 2.99. The highest BCUT2D eigenvalue weighted by atomic mass is 16.7. The van der Waals surface area contributed by atoms with Crippen molar-refractivity contribution in [1.82, 2.24) is 29.6 Å². The van der Waals surface area contributed by atoms with Crippen molar-refractivity contribution >= 4 is 5.65 Å². The minimum absolute atomic E-state index is 0.231. The van der Waals surface area contributed by atoms with Gasteiger partial charge < -0.3 is 9.47 Å². The van der Waals surface area contributed by atoms with Crippen molar-refractivity contribution in [1.29, 1.82) is 0 Å². The molecule has 0 bridgehead atoms. The van der Waals surface area contributed by atoms with E-state index in [0.717, 1.165) is 35.1 Å². The average Bonchev–Trinajstić information content (AvgIpc) is 3.42. The van der Waals surface area contributed by atoms with Gasteiger partial charge in [0.1, 0.15) is 6.54 Å². The van der Waals surface area contributed by atoms with E-state index >= 15 is 0 Å². The third-order valence-electron chi connectivity index (χ3n) is 4.73. The van der Waals surface area contributed by atoms with Gasteiger partial charge in [-0.3, -0.25) is 4.40 Å². The van der Waals surface area contributed by atoms with E-state index in [1.54, 1.807) is 4.68 Å². The van der Waals surface area contributed by atoms with Gasteiger partial charge in [-0.1, -0.05) is 24.3 Å². The zero-order valence-electron chi connectivity index (χ0n) is 14.8. The predicted molar refractivity (Wildman–Crippen MR) is 96.8 cm³/mol. The van der Waals surface area contributed by atoms with Crippen molar-refractivity contribution in [2.45, 2.75) is 25.8 Å². The number of fused-ring (bicyclic) bond motifs is 2. The van der Waals surface area contributed by atoms with Crippen molar-refractivity contribution in [2.24, 2.45) is 0 Å². The number of pyridine rings is 1. The molecule has 136 valence electrons. The van der Waals surface area contributed by atoms with E-state index in [9.17, 15) is 0 Å². The molecule has 0 spiro atoms. The first-order valence-electron chi connectivity index (χ1n) is 8.83. The van der Waals surface area contributed by atoms with E-state index in [2.05, 4.69) is 33.5 Å². The lowest BCUT2D eigenvalue weighted by Gasteiger charge is -2.08. The van der Waals surface area contributed by atoms with Crippen LogP contribution in [-0.4, -0.2) is 36.4 Å². The van der Waals surface area contributed by atoms with Gasteiger partial charge in [0.2, 0.25) is 6.79 Å². The third-order valence-corrected chi connectivity index (χ3v) is 4.73. The highest BCUT2D eigenvalue weighted by molar-refractivity contribution is 5.44. The molecule has 1 aliphatic rings. The van der Waals surface area contributed by atoms with Crippen LogP contribution in [0.15, 0.2) is 48.8 Å². The molecular formula is C19H18N6O2. The summed E-state index contributed by atoms with van der Waals surface area (Å²) in [6, 6.07) is 11.9. The molecule has 0 aliphatic carbocycles. The summed E-state index contributed by atoms with van der Waals surface area (Å²) in [4.78, 5) is 0. The van der Waals surface area contributed by atoms with Gasteiger partial charge in [0.05, 0.1) is 5.69 Å². The lowest BCUT2D eigenvalue weighted by molar-refractivity contribution is 0.174. The molecule has 8 nitrogen and oxygen atoms in total. The molecule has 0 saturated carbocycles. The number of nitrogens with zero attached hydrogens (tertiary/aromatic N) is 6. The first kappa shape index (κ1) is 15.8. The number of aromatic nitrogens is 6. The molecule has 1 aliphatic heterocycles. The fraction of sp³-hybridized carbons (Fsp3) is 0.263. The molecule has 4 aromatic rings. The summed E-state index contributed by atoms with van der Waals surface area (Å²) in [5.41, 5.74) is 2.95. The SMILES string of the molecule is C[C@@H](Cc1ccc2c(c1)OCO2)c1cn(Cc2nnc3ccccn23)nn1. The quantitative estimate of drug-likeness (QED) is 0.543. The van der Waals surface area contributed by atoms with E-state index in [1.807, 2.05) is 47.1 Å². The zero-order chi connectivity index (χ0) is 18.2. The van der Waals surface area contributed by atoms with Gasteiger partial charge in [0.25, 0.3) is 0 Å². The Bertz CT molecular complexity index is 1100. The fourth-order valence-electron chi connectivity index (χ4n) is 3.29. The van der Waals surface area contributed by atoms with Crippen molar-refractivity contribution in [3.63, 3.8) is 0 Å². The Morgan fingerprint density at radius 1 is 1.07 bits per heavy atom. The topological polar surface area (TPSA) is 79.4 Å². The van der Waals surface area contributed by atoms with Crippen LogP contribution in [0.2, 0.25) is 0 Å². The fourth-order valence-corrected chi connectivity index (χ4v) is 3.29. The van der Waals surface area contributed by atoms with E-state index in [1.165, 1.54) is 5.56 Å². The van der Waals surface area contributed by atoms with Gasteiger partial charge in [-0.15, -0.1) is 15.3 Å². The Kier molecular flexibility index (Phi) is 3.74. The van der Waals surface area contributed by atoms with E-state index in [-0.39, 0.29) is 5.92 Å². The highest BCUT2D eigenvalue weighted by Gasteiger charge is 2.17. The van der Waals surface area contributed by atoms with Crippen LogP contribution < -0.4 is 9.47 Å². The molecule has 0 unspecified atom stereocenters. The second kappa shape index (κ2) is 6.39. The smallest absolute Gasteiger partial charge is 0.231 e. The Hall–Kier alpha value is -3.42. The molecule has 8 heteroatoms. The molecule has 0 fully saturated rings. The maximum absolute atomic E-state index is 5.45. The molecule has 0 N–H and O–H groups in total. The molecule has 1 aromatic carbocycles. The molecule has 4 heterocycles. The number of rotatable bonds is 5. The molecule has 5 rings (SSSR count). The summed E-state index contributed by atoms with van der Waals surface area (Å²) in [7, 11) is 0. The summed E-state index contributed by atoms with van der Waals surface area (Å²) in [6.45, 7) is 2.96. The average molecular weight is 362 g/mol. The summed E-state index contributed by atoms with van der Waals surface area (Å²) in [6.07, 6.45) is 4.77. The van der Waals surface area contributed by atoms with Gasteiger partial charge in [-0.05, 0) is 36.2 Å². The summed E-state index contributed by atoms with van der Waals surface area (Å²) < 4.78 is 14.6. The van der Waals surface area contributed by atoms with Crippen LogP contribution in [0.1, 0.15) is 29.9 Å². The van der Waals surface area contributed by atoms with Crippen molar-refractivity contribution in [3.05, 3.63) is 65.9 Å². The van der Waals surface area contributed by atoms with Gasteiger partial charge in [0, 0.05) is 18.3 Å². The van der Waals surface area contributed by atoms with Crippen LogP contribution in [-0.2, 0) is 13.0 Å². The van der Waals surface area contributed by atoms with Crippen molar-refractivity contribution < 1.29 is 9.47 Å². The molecule has 1 atom stereocenters. The minimum Gasteiger partial charge on any atom is -0.454 e. The largest absolute Gasteiger partial charge is 0.454 e. The minimum atomic E-state index is 0.231. The van der Waals surface area contributed by atoms with Crippen LogP contribution in [0.25, 0.3) is 5.65 Å². The number of ether oxygens (including phenoxy) is 2. The van der Waals surface area contributed by atoms with Gasteiger partial charge in [0.15, 0.2) is 23.0 Å². The van der Waals surface area contributed by atoms with Crippen LogP contribution >= 0.6 is 0 Å². The van der Waals surface area contributed by atoms with Crippen molar-refractivity contribution in [3.8, 4) is 11.5 Å². The highest BCUT2D eigenvalue weighted by Crippen LogP contribution is 2.33. The van der Waals surface area contributed by atoms with Crippen LogP contribution in [0, 0.1) is 0 Å². The van der Waals surface area contributed by atoms with Gasteiger partial charge in [-0.25, -0.2) is 4.68 Å². The molecule has 0 amide bonds. The monoisotopic (exact) mass is 362 g/mol. The second-order valence-electron chi connectivity index (χ2n) is 6.68. The van der Waals surface area contributed by atoms with E-state index < -0.39 is 0 Å². The molecule has 0 radical (unpaired) electrons. The Morgan fingerprint density at radius 2 is 2.00 bits per heavy atom. The normalized spacial score (nSPS) is 14.0. The lowest BCUT2D eigenvalue weighted by atomic mass is 9.98. The Morgan fingerprint density at radius 3 is 2.96 bits per heavy atom. The summed E-state index contributed by atoms with van der Waals surface area (Å²) in [5.74, 6) is 2.67. The molecule has 0 saturated heterocycles. The van der Waals surface area contributed by atoms with Crippen LogP contribution in [0.3, 0.4) is 0 Å². The molecule has 27 heavy (non-hydrogen) atoms. The summed E-state index contributed by atoms with van der Waals surface area (Å²) >= 11 is 0. The Labute approximate surface area is 155 Å². The van der Waals surface area contributed by atoms with Gasteiger partial charge in [-0.2, -0.15) is 0 Å². The maximum Gasteiger partial charge on any atom is 0.231 e. The number of hydrogen-bond donors (Lipinski definition) is 0. The summed E-state index contributed by atoms with van der Waals surface area (Å²) in [5, 5.41) is 17.0. The maximum atomic E-state index is 5.45. The first-order valence-corrected chi connectivity index (χ1v) is 8.83. The lowest BCUT2D eigenvalue weighted by Crippen LogP contribution is -2.05. The predicted octanol–water partition coefficient (Wildman–Crippen LogP) is 2.44. The molecule has 3 aromatic heterocycles. The van der Waals surface area contributed by atoms with E-state index in [0.29, 0.717) is 13.3 Å². The number of hydrogen-bond acceptors (Lipinski definition) is 6. The van der Waals surface area contributed by atoms with Crippen LogP contribution in [0.4, 0.5) is 0 Å². The van der Waals surface area contributed by atoms with Gasteiger partial charge >= 0.3 is 0 Å². The first-order chi connectivity index (χ1) is 13.3. The van der Waals surface area contributed by atoms with Crippen molar-refractivity contribution in [2.75, 3.05) is 6.79 Å². The second-order valence-corrected chi connectivity index (χ2v) is 6.68. The number of benzene rings is 1. The Balaban J connectivity index is 1.31. The van der Waals surface area contributed by atoms with E-state index in [4.69, 9.17) is 9.47 Å². The zero-order valence-corrected chi connectivity index (χ0v) is 14.8. The molecular weight excluding hydrogens is 344 g/mol. The standard InChI is InChI=1S/C19H18N6O2/c1-13(8-14-5-6-16-17(9-14)27-12-26-16)15-10-24(23-20-15)11-19-22-21-18-4-2-3-7-25(18)19/h2-7,9-10,13H,8,11-12H2,1H3/t13-/m0/s1.